The second kappa shape index (κ2) is 10.5. The molecule has 162 valence electrons. The number of aromatic nitrogens is 2. The number of thioether (sulfide) groups is 1. The van der Waals surface area contributed by atoms with E-state index >= 15 is 0 Å². The van der Waals surface area contributed by atoms with E-state index in [-0.39, 0.29) is 11.7 Å². The van der Waals surface area contributed by atoms with Crippen LogP contribution in [0, 0.1) is 0 Å². The van der Waals surface area contributed by atoms with Crippen LogP contribution in [-0.4, -0.2) is 53.5 Å². The van der Waals surface area contributed by atoms with Crippen LogP contribution in [-0.2, 0) is 11.2 Å². The van der Waals surface area contributed by atoms with E-state index in [9.17, 15) is 4.79 Å². The molecule has 4 rings (SSSR count). The van der Waals surface area contributed by atoms with Crippen molar-refractivity contribution in [2.45, 2.75) is 24.5 Å². The van der Waals surface area contributed by atoms with E-state index in [1.807, 2.05) is 36.4 Å². The van der Waals surface area contributed by atoms with Gasteiger partial charge < -0.3 is 19.4 Å². The van der Waals surface area contributed by atoms with E-state index in [1.54, 1.807) is 7.11 Å². The predicted octanol–water partition coefficient (Wildman–Crippen LogP) is 4.11. The number of nitrogens with zero attached hydrogens (tertiary/aromatic N) is 3. The zero-order valence-corrected chi connectivity index (χ0v) is 18.4. The van der Waals surface area contributed by atoms with Crippen LogP contribution >= 0.6 is 11.8 Å². The first kappa shape index (κ1) is 21.4. The van der Waals surface area contributed by atoms with Gasteiger partial charge in [0.05, 0.1) is 12.9 Å². The van der Waals surface area contributed by atoms with Crippen molar-refractivity contribution in [2.24, 2.45) is 0 Å². The monoisotopic (exact) mass is 438 g/mol. The summed E-state index contributed by atoms with van der Waals surface area (Å²) in [6.07, 6.45) is 3.67. The van der Waals surface area contributed by atoms with Crippen LogP contribution < -0.4 is 10.1 Å². The minimum absolute atomic E-state index is 0.112. The van der Waals surface area contributed by atoms with Crippen LogP contribution in [0.2, 0.25) is 0 Å². The maximum atomic E-state index is 12.3. The van der Waals surface area contributed by atoms with Crippen molar-refractivity contribution in [1.29, 1.82) is 0 Å². The maximum Gasteiger partial charge on any atom is 0.277 e. The molecule has 0 bridgehead atoms. The summed E-state index contributed by atoms with van der Waals surface area (Å²) in [4.78, 5) is 14.8. The molecule has 0 unspecified atom stereocenters. The number of ether oxygens (including phenoxy) is 1. The Morgan fingerprint density at radius 1 is 1.10 bits per heavy atom. The topological polar surface area (TPSA) is 80.5 Å². The van der Waals surface area contributed by atoms with Crippen molar-refractivity contribution >= 4 is 23.4 Å². The number of anilines is 1. The third kappa shape index (κ3) is 6.08. The van der Waals surface area contributed by atoms with Crippen molar-refractivity contribution in [3.8, 4) is 17.2 Å². The van der Waals surface area contributed by atoms with Crippen molar-refractivity contribution in [3.05, 3.63) is 54.1 Å². The largest absolute Gasteiger partial charge is 0.497 e. The number of hydrogen-bond donors (Lipinski definition) is 1. The molecule has 1 aromatic heterocycles. The Morgan fingerprint density at radius 3 is 2.55 bits per heavy atom. The van der Waals surface area contributed by atoms with E-state index in [4.69, 9.17) is 9.15 Å². The van der Waals surface area contributed by atoms with Gasteiger partial charge in [-0.25, -0.2) is 0 Å². The van der Waals surface area contributed by atoms with Gasteiger partial charge in [0.15, 0.2) is 0 Å². The molecule has 1 fully saturated rings. The number of amides is 1. The van der Waals surface area contributed by atoms with Gasteiger partial charge in [-0.15, -0.1) is 10.2 Å². The molecule has 31 heavy (non-hydrogen) atoms. The van der Waals surface area contributed by atoms with Crippen molar-refractivity contribution in [2.75, 3.05) is 37.8 Å². The Kier molecular flexibility index (Phi) is 7.22. The van der Waals surface area contributed by atoms with Crippen LogP contribution in [0.3, 0.4) is 0 Å². The van der Waals surface area contributed by atoms with Gasteiger partial charge in [-0.2, -0.15) is 0 Å². The molecule has 1 saturated heterocycles. The van der Waals surface area contributed by atoms with Gasteiger partial charge in [0.2, 0.25) is 11.8 Å². The van der Waals surface area contributed by atoms with Crippen LogP contribution in [0.4, 0.5) is 5.69 Å². The van der Waals surface area contributed by atoms with Crippen molar-refractivity contribution in [1.82, 2.24) is 15.1 Å². The molecule has 0 saturated carbocycles. The van der Waals surface area contributed by atoms with E-state index in [0.717, 1.165) is 30.0 Å². The lowest BCUT2D eigenvalue weighted by molar-refractivity contribution is -0.113. The fourth-order valence-electron chi connectivity index (χ4n) is 3.49. The number of carbonyl (C=O) groups excluding carboxylic acids is 1. The lowest BCUT2D eigenvalue weighted by Gasteiger charge is -2.14. The molecule has 1 aliphatic heterocycles. The summed E-state index contributed by atoms with van der Waals surface area (Å²) in [7, 11) is 1.62. The highest BCUT2D eigenvalue weighted by Crippen LogP contribution is 2.25. The molecule has 1 amide bonds. The Hall–Kier alpha value is -2.84. The Balaban J connectivity index is 1.23. The average molecular weight is 439 g/mol. The molecule has 0 atom stereocenters. The predicted molar refractivity (Wildman–Crippen MR) is 121 cm³/mol. The summed E-state index contributed by atoms with van der Waals surface area (Å²) in [5.74, 6) is 1.25. The van der Waals surface area contributed by atoms with Gasteiger partial charge in [-0.3, -0.25) is 4.79 Å². The summed E-state index contributed by atoms with van der Waals surface area (Å²) < 4.78 is 10.8. The molecule has 7 nitrogen and oxygen atoms in total. The Morgan fingerprint density at radius 2 is 1.84 bits per heavy atom. The van der Waals surface area contributed by atoms with E-state index in [0.29, 0.717) is 11.1 Å². The Bertz CT molecular complexity index is 983. The highest BCUT2D eigenvalue weighted by Gasteiger charge is 2.13. The third-order valence-electron chi connectivity index (χ3n) is 5.22. The van der Waals surface area contributed by atoms with Gasteiger partial charge >= 0.3 is 0 Å². The molecule has 3 aromatic rings. The summed E-state index contributed by atoms with van der Waals surface area (Å²) in [5.41, 5.74) is 2.88. The number of carbonyl (C=O) groups is 1. The van der Waals surface area contributed by atoms with Crippen molar-refractivity contribution in [3.63, 3.8) is 0 Å². The normalized spacial score (nSPS) is 14.0. The zero-order chi connectivity index (χ0) is 21.5. The van der Waals surface area contributed by atoms with Gasteiger partial charge in [0, 0.05) is 17.8 Å². The summed E-state index contributed by atoms with van der Waals surface area (Å²) in [6.45, 7) is 3.53. The van der Waals surface area contributed by atoms with E-state index < -0.39 is 0 Å². The molecular weight excluding hydrogens is 412 g/mol. The highest BCUT2D eigenvalue weighted by atomic mass is 32.2. The standard InChI is InChI=1S/C23H26N4O3S/c1-29-20-10-6-18(7-11-20)22-25-26-23(30-22)31-16-21(28)24-19-8-4-17(5-9-19)12-15-27-13-2-3-14-27/h4-11H,2-3,12-16H2,1H3,(H,24,28). The summed E-state index contributed by atoms with van der Waals surface area (Å²) >= 11 is 1.21. The van der Waals surface area contributed by atoms with Gasteiger partial charge in [-0.1, -0.05) is 23.9 Å². The molecule has 0 radical (unpaired) electrons. The smallest absolute Gasteiger partial charge is 0.277 e. The van der Waals surface area contributed by atoms with Crippen LogP contribution in [0.25, 0.3) is 11.5 Å². The molecular formula is C23H26N4O3S. The molecule has 2 aromatic carbocycles. The first-order valence-corrected chi connectivity index (χ1v) is 11.4. The van der Waals surface area contributed by atoms with Gasteiger partial charge in [-0.05, 0) is 74.3 Å². The minimum Gasteiger partial charge on any atom is -0.497 e. The van der Waals surface area contributed by atoms with Gasteiger partial charge in [0.1, 0.15) is 5.75 Å². The lowest BCUT2D eigenvalue weighted by Crippen LogP contribution is -2.21. The number of hydrogen-bond acceptors (Lipinski definition) is 7. The van der Waals surface area contributed by atoms with Gasteiger partial charge in [0.25, 0.3) is 5.22 Å². The molecule has 0 spiro atoms. The first-order chi connectivity index (χ1) is 15.2. The van der Waals surface area contributed by atoms with Crippen LogP contribution in [0.1, 0.15) is 18.4 Å². The average Bonchev–Trinajstić information content (AvgIpc) is 3.50. The van der Waals surface area contributed by atoms with E-state index in [1.165, 1.54) is 43.3 Å². The fourth-order valence-corrected chi connectivity index (χ4v) is 4.05. The second-order valence-corrected chi connectivity index (χ2v) is 8.36. The zero-order valence-electron chi connectivity index (χ0n) is 17.5. The quantitative estimate of drug-likeness (QED) is 0.504. The third-order valence-corrected chi connectivity index (χ3v) is 6.04. The van der Waals surface area contributed by atoms with Crippen LogP contribution in [0.5, 0.6) is 5.75 Å². The first-order valence-electron chi connectivity index (χ1n) is 10.4. The number of rotatable bonds is 9. The molecule has 1 N–H and O–H groups in total. The minimum atomic E-state index is -0.112. The van der Waals surface area contributed by atoms with E-state index in [2.05, 4.69) is 32.5 Å². The maximum absolute atomic E-state index is 12.3. The van der Waals surface area contributed by atoms with Crippen molar-refractivity contribution < 1.29 is 13.9 Å². The second-order valence-electron chi connectivity index (χ2n) is 7.43. The number of benzene rings is 2. The number of likely N-dealkylation sites (tertiary alicyclic amines) is 1. The fraction of sp³-hybridized carbons (Fsp3) is 0.348. The molecule has 8 heteroatoms. The number of nitrogens with one attached hydrogen (secondary N) is 1. The SMILES string of the molecule is COc1ccc(-c2nnc(SCC(=O)Nc3ccc(CCN4CCCC4)cc3)o2)cc1. The summed E-state index contributed by atoms with van der Waals surface area (Å²) in [5, 5.41) is 11.3. The highest BCUT2D eigenvalue weighted by molar-refractivity contribution is 7.99. The summed E-state index contributed by atoms with van der Waals surface area (Å²) in [6, 6.07) is 15.4. The molecule has 1 aliphatic rings. The molecule has 0 aliphatic carbocycles. The molecule has 2 heterocycles. The number of methoxy groups -OCH3 is 1. The lowest BCUT2D eigenvalue weighted by atomic mass is 10.1. The van der Waals surface area contributed by atoms with Crippen LogP contribution in [0.15, 0.2) is 58.2 Å². The Labute approximate surface area is 186 Å².